The average molecular weight is 233 g/mol. The first-order chi connectivity index (χ1) is 7.66. The van der Waals surface area contributed by atoms with Crippen LogP contribution in [0, 0.1) is 0 Å². The molecule has 0 atom stereocenters. The molecule has 1 N–H and O–H groups in total. The lowest BCUT2D eigenvalue weighted by Gasteiger charge is -2.07. The molecule has 0 radical (unpaired) electrons. The van der Waals surface area contributed by atoms with Crippen LogP contribution in [0.1, 0.15) is 41.5 Å². The van der Waals surface area contributed by atoms with Crippen LogP contribution in [0.15, 0.2) is 0 Å². The Bertz CT molecular complexity index is 177. The van der Waals surface area contributed by atoms with Gasteiger partial charge in [-0.3, -0.25) is 4.79 Å². The van der Waals surface area contributed by atoms with Crippen molar-refractivity contribution >= 4 is 5.91 Å². The molecule has 0 saturated carbocycles. The van der Waals surface area contributed by atoms with Crippen LogP contribution in [0.4, 0.5) is 0 Å². The minimum atomic E-state index is 0. The minimum Gasteiger partial charge on any atom is -0.380 e. The maximum Gasteiger partial charge on any atom is 0.220 e. The maximum atomic E-state index is 11.3. The zero-order chi connectivity index (χ0) is 12.2. The Morgan fingerprint density at radius 1 is 1.31 bits per heavy atom. The summed E-state index contributed by atoms with van der Waals surface area (Å²) in [5.41, 5.74) is 0. The molecule has 98 valence electrons. The van der Waals surface area contributed by atoms with E-state index in [1.165, 1.54) is 0 Å². The predicted octanol–water partition coefficient (Wildman–Crippen LogP) is 1.98. The molecule has 4 heteroatoms. The van der Waals surface area contributed by atoms with Gasteiger partial charge in [0.1, 0.15) is 0 Å². The van der Waals surface area contributed by atoms with Crippen LogP contribution in [0.25, 0.3) is 0 Å². The molecule has 1 amide bonds. The molecule has 0 aromatic heterocycles. The van der Waals surface area contributed by atoms with E-state index >= 15 is 0 Å². The molecule has 0 spiro atoms. The second kappa shape index (κ2) is 10.9. The number of hydrogen-bond donors (Lipinski definition) is 1. The lowest BCUT2D eigenvalue weighted by molar-refractivity contribution is -0.121. The van der Waals surface area contributed by atoms with Crippen molar-refractivity contribution in [2.24, 2.45) is 0 Å². The van der Waals surface area contributed by atoms with Gasteiger partial charge in [-0.1, -0.05) is 0 Å². The zero-order valence-electron chi connectivity index (χ0n) is 10.8. The van der Waals surface area contributed by atoms with Crippen LogP contribution in [-0.2, 0) is 14.3 Å². The van der Waals surface area contributed by atoms with Crippen molar-refractivity contribution in [3.63, 3.8) is 0 Å². The van der Waals surface area contributed by atoms with Crippen LogP contribution in [-0.4, -0.2) is 38.4 Å². The highest BCUT2D eigenvalue weighted by Crippen LogP contribution is 1.98. The predicted molar refractivity (Wildman–Crippen MR) is 66.6 cm³/mol. The third-order valence-corrected chi connectivity index (χ3v) is 2.02. The van der Waals surface area contributed by atoms with Gasteiger partial charge in [0.25, 0.3) is 0 Å². The third kappa shape index (κ3) is 11.5. The van der Waals surface area contributed by atoms with Crippen LogP contribution in [0.3, 0.4) is 0 Å². The van der Waals surface area contributed by atoms with Crippen LogP contribution < -0.4 is 5.32 Å². The molecule has 0 heterocycles. The summed E-state index contributed by atoms with van der Waals surface area (Å²) in [6, 6.07) is 0. The molecular formula is C12H27NO3. The Hall–Kier alpha value is -0.610. The Morgan fingerprint density at radius 2 is 2.06 bits per heavy atom. The second-order valence-electron chi connectivity index (χ2n) is 3.92. The molecule has 0 unspecified atom stereocenters. The molecule has 0 aliphatic heterocycles. The van der Waals surface area contributed by atoms with Gasteiger partial charge in [-0.25, -0.2) is 0 Å². The zero-order valence-corrected chi connectivity index (χ0v) is 10.8. The van der Waals surface area contributed by atoms with Crippen molar-refractivity contribution in [2.45, 2.75) is 46.1 Å². The van der Waals surface area contributed by atoms with Crippen molar-refractivity contribution in [3.8, 4) is 0 Å². The first-order valence-corrected chi connectivity index (χ1v) is 6.12. The number of unbranched alkanes of at least 4 members (excludes halogenated alkanes) is 1. The molecule has 0 aromatic rings. The lowest BCUT2D eigenvalue weighted by Crippen LogP contribution is -2.27. The molecule has 0 aliphatic rings. The number of amides is 1. The fourth-order valence-electron chi connectivity index (χ4n) is 1.20. The highest BCUT2D eigenvalue weighted by molar-refractivity contribution is 5.75. The Labute approximate surface area is 100 Å². The molecule has 16 heavy (non-hydrogen) atoms. The summed E-state index contributed by atoms with van der Waals surface area (Å²) in [4.78, 5) is 11.3. The van der Waals surface area contributed by atoms with Crippen LogP contribution in [0.5, 0.6) is 0 Å². The Balaban J connectivity index is 0. The number of rotatable bonds is 10. The summed E-state index contributed by atoms with van der Waals surface area (Å²) in [6.45, 7) is 8.61. The van der Waals surface area contributed by atoms with Crippen molar-refractivity contribution < 1.29 is 15.7 Å². The normalized spacial score (nSPS) is 10.8. The monoisotopic (exact) mass is 233 g/mol. The van der Waals surface area contributed by atoms with Gasteiger partial charge < -0.3 is 14.8 Å². The van der Waals surface area contributed by atoms with Crippen molar-refractivity contribution in [1.82, 2.24) is 5.32 Å². The van der Waals surface area contributed by atoms with Crippen molar-refractivity contribution in [2.75, 3.05) is 26.4 Å². The van der Waals surface area contributed by atoms with Gasteiger partial charge in [0.2, 0.25) is 5.91 Å². The quantitative estimate of drug-likeness (QED) is 0.587. The average Bonchev–Trinajstić information content (AvgIpc) is 2.23. The summed E-state index contributed by atoms with van der Waals surface area (Å²) in [5.74, 6) is 0.101. The first kappa shape index (κ1) is 15.4. The topological polar surface area (TPSA) is 47.6 Å². The standard InChI is InChI=1S/C12H25NO3.H2/c1-4-15-10-8-13-12(14)7-5-6-9-16-11(2)3;/h11H,4-10H2,1-3H3,(H,13,14);1H. The molecular weight excluding hydrogens is 206 g/mol. The highest BCUT2D eigenvalue weighted by Gasteiger charge is 2.00. The van der Waals surface area contributed by atoms with E-state index in [9.17, 15) is 4.79 Å². The van der Waals surface area contributed by atoms with E-state index < -0.39 is 0 Å². The summed E-state index contributed by atoms with van der Waals surface area (Å²) in [5, 5.41) is 2.81. The van der Waals surface area contributed by atoms with E-state index in [2.05, 4.69) is 5.32 Å². The van der Waals surface area contributed by atoms with E-state index in [1.807, 2.05) is 20.8 Å². The highest BCUT2D eigenvalue weighted by atomic mass is 16.5. The number of ether oxygens (including phenoxy) is 2. The smallest absolute Gasteiger partial charge is 0.220 e. The van der Waals surface area contributed by atoms with Crippen molar-refractivity contribution in [3.05, 3.63) is 0 Å². The second-order valence-corrected chi connectivity index (χ2v) is 3.92. The minimum absolute atomic E-state index is 0. The number of carbonyl (C=O) groups excluding carboxylic acids is 1. The summed E-state index contributed by atoms with van der Waals surface area (Å²) in [7, 11) is 0. The van der Waals surface area contributed by atoms with E-state index in [0.717, 1.165) is 19.4 Å². The van der Waals surface area contributed by atoms with Gasteiger partial charge in [0.05, 0.1) is 12.7 Å². The fraction of sp³-hybridized carbons (Fsp3) is 0.917. The number of hydrogen-bond acceptors (Lipinski definition) is 3. The Morgan fingerprint density at radius 3 is 2.69 bits per heavy atom. The summed E-state index contributed by atoms with van der Waals surface area (Å²) >= 11 is 0. The van der Waals surface area contributed by atoms with E-state index in [-0.39, 0.29) is 13.4 Å². The third-order valence-electron chi connectivity index (χ3n) is 2.02. The Kier molecular flexibility index (Phi) is 10.5. The molecule has 0 aliphatic carbocycles. The SMILES string of the molecule is CCOCCNC(=O)CCCCOC(C)C.[HH]. The largest absolute Gasteiger partial charge is 0.380 e. The fourth-order valence-corrected chi connectivity index (χ4v) is 1.20. The first-order valence-electron chi connectivity index (χ1n) is 6.12. The van der Waals surface area contributed by atoms with Gasteiger partial charge in [-0.15, -0.1) is 0 Å². The molecule has 4 nitrogen and oxygen atoms in total. The number of carbonyl (C=O) groups is 1. The van der Waals surface area contributed by atoms with E-state index in [0.29, 0.717) is 26.2 Å². The van der Waals surface area contributed by atoms with Gasteiger partial charge in [-0.05, 0) is 33.6 Å². The van der Waals surface area contributed by atoms with Gasteiger partial charge in [-0.2, -0.15) is 0 Å². The van der Waals surface area contributed by atoms with Crippen molar-refractivity contribution in [1.29, 1.82) is 0 Å². The molecule has 0 aromatic carbocycles. The van der Waals surface area contributed by atoms with Crippen LogP contribution in [0.2, 0.25) is 0 Å². The summed E-state index contributed by atoms with van der Waals surface area (Å²) < 4.78 is 10.5. The molecule has 0 rings (SSSR count). The van der Waals surface area contributed by atoms with Gasteiger partial charge >= 0.3 is 0 Å². The molecule has 0 bridgehead atoms. The van der Waals surface area contributed by atoms with Gasteiger partial charge in [0, 0.05) is 27.6 Å². The van der Waals surface area contributed by atoms with Crippen LogP contribution >= 0.6 is 0 Å². The maximum absolute atomic E-state index is 11.3. The van der Waals surface area contributed by atoms with E-state index in [4.69, 9.17) is 9.47 Å². The van der Waals surface area contributed by atoms with Gasteiger partial charge in [0.15, 0.2) is 0 Å². The summed E-state index contributed by atoms with van der Waals surface area (Å²) in [6.07, 6.45) is 2.68. The molecule has 0 fully saturated rings. The van der Waals surface area contributed by atoms with E-state index in [1.54, 1.807) is 0 Å². The number of nitrogens with one attached hydrogen (secondary N) is 1. The molecule has 0 saturated heterocycles. The lowest BCUT2D eigenvalue weighted by atomic mass is 10.2.